The van der Waals surface area contributed by atoms with E-state index in [4.69, 9.17) is 5.73 Å². The largest absolute Gasteiger partial charge is 0.329 e. The average molecular weight is 276 g/mol. The van der Waals surface area contributed by atoms with Gasteiger partial charge in [0.1, 0.15) is 0 Å². The molecule has 5 heteroatoms. The second-order valence-electron chi connectivity index (χ2n) is 5.55. The van der Waals surface area contributed by atoms with Gasteiger partial charge in [0.05, 0.1) is 11.5 Å². The summed E-state index contributed by atoms with van der Waals surface area (Å²) in [6.45, 7) is 4.94. The Morgan fingerprint density at radius 3 is 2.44 bits per heavy atom. The molecule has 0 aromatic heterocycles. The Morgan fingerprint density at radius 2 is 2.06 bits per heavy atom. The first-order valence-electron chi connectivity index (χ1n) is 7.04. The van der Waals surface area contributed by atoms with Crippen molar-refractivity contribution in [3.63, 3.8) is 0 Å². The highest BCUT2D eigenvalue weighted by Gasteiger charge is 2.39. The molecule has 2 unspecified atom stereocenters. The molecule has 1 rings (SSSR count). The topological polar surface area (TPSA) is 63.4 Å². The van der Waals surface area contributed by atoms with Crippen LogP contribution >= 0.6 is 0 Å². The summed E-state index contributed by atoms with van der Waals surface area (Å²) in [7, 11) is -0.767. The van der Waals surface area contributed by atoms with E-state index in [-0.39, 0.29) is 11.6 Å². The highest BCUT2D eigenvalue weighted by molar-refractivity contribution is 7.91. The minimum atomic E-state index is -2.82. The maximum atomic E-state index is 11.6. The molecule has 0 saturated carbocycles. The summed E-state index contributed by atoms with van der Waals surface area (Å²) in [4.78, 5) is 2.26. The molecule has 0 aromatic carbocycles. The first kappa shape index (κ1) is 15.9. The fourth-order valence-electron chi connectivity index (χ4n) is 2.97. The van der Waals surface area contributed by atoms with Gasteiger partial charge in [-0.25, -0.2) is 8.42 Å². The van der Waals surface area contributed by atoms with Crippen LogP contribution < -0.4 is 5.73 Å². The molecular formula is C13H28N2O2S. The van der Waals surface area contributed by atoms with E-state index in [0.717, 1.165) is 32.1 Å². The van der Waals surface area contributed by atoms with Crippen molar-refractivity contribution in [2.45, 2.75) is 57.5 Å². The third-order valence-electron chi connectivity index (χ3n) is 4.54. The fraction of sp³-hybridized carbons (Fsp3) is 1.00. The summed E-state index contributed by atoms with van der Waals surface area (Å²) in [5.41, 5.74) is 5.98. The number of nitrogens with zero attached hydrogens (tertiary/aromatic N) is 1. The maximum Gasteiger partial charge on any atom is 0.151 e. The van der Waals surface area contributed by atoms with Crippen molar-refractivity contribution in [3.05, 3.63) is 0 Å². The average Bonchev–Trinajstić information content (AvgIpc) is 2.71. The number of unbranched alkanes of at least 4 members (excludes halogenated alkanes) is 1. The Kier molecular flexibility index (Phi) is 5.62. The normalized spacial score (nSPS) is 26.4. The minimum absolute atomic E-state index is 0.0272. The van der Waals surface area contributed by atoms with Gasteiger partial charge in [-0.3, -0.25) is 4.90 Å². The van der Waals surface area contributed by atoms with Crippen molar-refractivity contribution >= 4 is 9.84 Å². The van der Waals surface area contributed by atoms with Crippen molar-refractivity contribution < 1.29 is 8.42 Å². The highest BCUT2D eigenvalue weighted by atomic mass is 32.2. The first-order chi connectivity index (χ1) is 8.40. The summed E-state index contributed by atoms with van der Waals surface area (Å²) in [5.74, 6) is 0.636. The van der Waals surface area contributed by atoms with Gasteiger partial charge in [-0.05, 0) is 26.3 Å². The number of likely N-dealkylation sites (N-methyl/N-ethyl adjacent to an activating group) is 1. The van der Waals surface area contributed by atoms with Gasteiger partial charge in [-0.15, -0.1) is 0 Å². The Labute approximate surface area is 112 Å². The van der Waals surface area contributed by atoms with E-state index in [9.17, 15) is 8.42 Å². The second kappa shape index (κ2) is 6.35. The molecule has 18 heavy (non-hydrogen) atoms. The van der Waals surface area contributed by atoms with Crippen molar-refractivity contribution in [1.29, 1.82) is 0 Å². The number of rotatable bonds is 7. The van der Waals surface area contributed by atoms with Crippen LogP contribution in [0.2, 0.25) is 0 Å². The molecule has 0 aromatic rings. The van der Waals surface area contributed by atoms with Crippen molar-refractivity contribution in [2.75, 3.05) is 25.1 Å². The van der Waals surface area contributed by atoms with Gasteiger partial charge in [-0.1, -0.05) is 26.7 Å². The summed E-state index contributed by atoms with van der Waals surface area (Å²) in [5, 5.41) is 0. The predicted octanol–water partition coefficient (Wildman–Crippen LogP) is 1.40. The number of hydrogen-bond acceptors (Lipinski definition) is 4. The van der Waals surface area contributed by atoms with Crippen molar-refractivity contribution in [1.82, 2.24) is 4.90 Å². The third kappa shape index (κ3) is 3.45. The van der Waals surface area contributed by atoms with Gasteiger partial charge in [0.2, 0.25) is 0 Å². The monoisotopic (exact) mass is 276 g/mol. The summed E-state index contributed by atoms with van der Waals surface area (Å²) >= 11 is 0. The predicted molar refractivity (Wildman–Crippen MR) is 76.4 cm³/mol. The zero-order chi connectivity index (χ0) is 13.8. The van der Waals surface area contributed by atoms with Gasteiger partial charge >= 0.3 is 0 Å². The first-order valence-corrected chi connectivity index (χ1v) is 8.86. The number of hydrogen-bond donors (Lipinski definition) is 1. The number of nitrogens with two attached hydrogens (primary N) is 1. The van der Waals surface area contributed by atoms with Crippen LogP contribution in [-0.4, -0.2) is 50.0 Å². The van der Waals surface area contributed by atoms with Crippen LogP contribution in [-0.2, 0) is 9.84 Å². The number of sulfone groups is 1. The Balaban J connectivity index is 2.79. The second-order valence-corrected chi connectivity index (χ2v) is 7.78. The third-order valence-corrected chi connectivity index (χ3v) is 6.29. The van der Waals surface area contributed by atoms with E-state index < -0.39 is 9.84 Å². The Bertz CT molecular complexity index is 350. The molecule has 1 heterocycles. The molecule has 0 bridgehead atoms. The molecule has 1 aliphatic heterocycles. The zero-order valence-corrected chi connectivity index (χ0v) is 12.8. The van der Waals surface area contributed by atoms with Crippen LogP contribution in [0.4, 0.5) is 0 Å². The lowest BCUT2D eigenvalue weighted by molar-refractivity contribution is 0.0724. The summed E-state index contributed by atoms with van der Waals surface area (Å²) < 4.78 is 23.2. The zero-order valence-electron chi connectivity index (χ0n) is 12.0. The SMILES string of the molecule is CCCCC(CC)(CN)N(C)C1CCS(=O)(=O)C1. The van der Waals surface area contributed by atoms with E-state index in [1.807, 2.05) is 0 Å². The molecule has 0 amide bonds. The van der Waals surface area contributed by atoms with Crippen LogP contribution in [0.5, 0.6) is 0 Å². The van der Waals surface area contributed by atoms with E-state index in [1.54, 1.807) is 0 Å². The van der Waals surface area contributed by atoms with Crippen LogP contribution in [0.3, 0.4) is 0 Å². The van der Waals surface area contributed by atoms with E-state index in [0.29, 0.717) is 18.1 Å². The lowest BCUT2D eigenvalue weighted by Crippen LogP contribution is -2.56. The summed E-state index contributed by atoms with van der Waals surface area (Å²) in [6, 6.07) is 0.148. The van der Waals surface area contributed by atoms with Gasteiger partial charge in [-0.2, -0.15) is 0 Å². The lowest BCUT2D eigenvalue weighted by atomic mass is 9.86. The molecular weight excluding hydrogens is 248 g/mol. The van der Waals surface area contributed by atoms with Gasteiger partial charge in [0.25, 0.3) is 0 Å². The van der Waals surface area contributed by atoms with Crippen LogP contribution in [0.25, 0.3) is 0 Å². The molecule has 0 aliphatic carbocycles. The van der Waals surface area contributed by atoms with Gasteiger partial charge in [0, 0.05) is 18.1 Å². The molecule has 2 atom stereocenters. The van der Waals surface area contributed by atoms with Crippen LogP contribution in [0.1, 0.15) is 46.0 Å². The minimum Gasteiger partial charge on any atom is -0.329 e. The quantitative estimate of drug-likeness (QED) is 0.763. The van der Waals surface area contributed by atoms with E-state index in [2.05, 4.69) is 25.8 Å². The molecule has 4 nitrogen and oxygen atoms in total. The van der Waals surface area contributed by atoms with Crippen molar-refractivity contribution in [2.24, 2.45) is 5.73 Å². The maximum absolute atomic E-state index is 11.6. The van der Waals surface area contributed by atoms with E-state index in [1.165, 1.54) is 0 Å². The standard InChI is InChI=1S/C13H28N2O2S/c1-4-6-8-13(5-2,11-14)15(3)12-7-9-18(16,17)10-12/h12H,4-11,14H2,1-3H3. The van der Waals surface area contributed by atoms with Crippen LogP contribution in [0.15, 0.2) is 0 Å². The molecule has 108 valence electrons. The Hall–Kier alpha value is -0.130. The van der Waals surface area contributed by atoms with E-state index >= 15 is 0 Å². The molecule has 0 spiro atoms. The van der Waals surface area contributed by atoms with Gasteiger partial charge < -0.3 is 5.73 Å². The molecule has 1 saturated heterocycles. The molecule has 2 N–H and O–H groups in total. The van der Waals surface area contributed by atoms with Crippen molar-refractivity contribution in [3.8, 4) is 0 Å². The summed E-state index contributed by atoms with van der Waals surface area (Å²) in [6.07, 6.45) is 5.10. The van der Waals surface area contributed by atoms with Crippen LogP contribution in [0, 0.1) is 0 Å². The fourth-order valence-corrected chi connectivity index (χ4v) is 4.74. The molecule has 0 radical (unpaired) electrons. The van der Waals surface area contributed by atoms with Gasteiger partial charge in [0.15, 0.2) is 9.84 Å². The Morgan fingerprint density at radius 1 is 1.39 bits per heavy atom. The highest BCUT2D eigenvalue weighted by Crippen LogP contribution is 2.30. The smallest absolute Gasteiger partial charge is 0.151 e. The molecule has 1 fully saturated rings. The molecule has 1 aliphatic rings. The lowest BCUT2D eigenvalue weighted by Gasteiger charge is -2.44.